The highest BCUT2D eigenvalue weighted by atomic mass is 16.3. The molecular weight excluding hydrogens is 781 g/mol. The van der Waals surface area contributed by atoms with Gasteiger partial charge in [0.1, 0.15) is 22.8 Å². The number of para-hydroxylation sites is 7. The lowest BCUT2D eigenvalue weighted by molar-refractivity contribution is 0.669. The van der Waals surface area contributed by atoms with Gasteiger partial charge in [0.05, 0.1) is 38.8 Å². The molecule has 5 heterocycles. The summed E-state index contributed by atoms with van der Waals surface area (Å²) < 4.78 is 13.7. The fourth-order valence-electron chi connectivity index (χ4n) is 10.6. The number of pyridine rings is 1. The second kappa shape index (κ2) is 13.4. The van der Waals surface area contributed by atoms with Crippen molar-refractivity contribution >= 4 is 87.4 Å². The van der Waals surface area contributed by atoms with Crippen molar-refractivity contribution in [2.24, 2.45) is 0 Å². The number of benzene rings is 9. The Labute approximate surface area is 366 Å². The fraction of sp³-hybridized carbons (Fsp3) is 0. The highest BCUT2D eigenvalue weighted by molar-refractivity contribution is 6.13. The van der Waals surface area contributed by atoms with Crippen molar-refractivity contribution in [3.63, 3.8) is 0 Å². The standard InChI is InChI=1S/C59H36N4O/c1-8-24-48-40(16-1)41-17-2-9-25-49(41)61(48)54-30-15-23-39(37-32-33-47-46-22-7-14-31-55(46)64-56(47)34-37)59(54)38-35-57(62-50-26-10-3-18-42(50)43-19-4-11-27-51(43)62)60-58(36-38)63-52-28-12-5-20-44(52)45-21-6-13-29-53(45)63/h1-36H. The van der Waals surface area contributed by atoms with Gasteiger partial charge in [-0.05, 0) is 89.5 Å². The quantitative estimate of drug-likeness (QED) is 0.174. The van der Waals surface area contributed by atoms with Gasteiger partial charge in [0.15, 0.2) is 0 Å². The topological polar surface area (TPSA) is 40.8 Å². The Kier molecular flexibility index (Phi) is 7.33. The number of fused-ring (bicyclic) bond motifs is 12. The smallest absolute Gasteiger partial charge is 0.140 e. The van der Waals surface area contributed by atoms with Crippen LogP contribution in [0.1, 0.15) is 0 Å². The van der Waals surface area contributed by atoms with Crippen LogP contribution in [-0.2, 0) is 0 Å². The zero-order valence-electron chi connectivity index (χ0n) is 34.5. The number of furan rings is 1. The summed E-state index contributed by atoms with van der Waals surface area (Å²) in [7, 11) is 0. The van der Waals surface area contributed by atoms with E-state index in [9.17, 15) is 0 Å². The summed E-state index contributed by atoms with van der Waals surface area (Å²) in [5.74, 6) is 1.67. The Morgan fingerprint density at radius 3 is 1.19 bits per heavy atom. The van der Waals surface area contributed by atoms with E-state index in [0.29, 0.717) is 0 Å². The minimum absolute atomic E-state index is 0.836. The third-order valence-corrected chi connectivity index (χ3v) is 13.3. The summed E-state index contributed by atoms with van der Waals surface area (Å²) in [4.78, 5) is 5.71. The zero-order valence-corrected chi connectivity index (χ0v) is 34.5. The maximum absolute atomic E-state index is 6.56. The van der Waals surface area contributed by atoms with Crippen molar-refractivity contribution in [3.8, 4) is 39.6 Å². The molecule has 0 aliphatic heterocycles. The molecule has 298 valence electrons. The van der Waals surface area contributed by atoms with Crippen molar-refractivity contribution in [2.75, 3.05) is 0 Å². The molecule has 14 aromatic rings. The minimum atomic E-state index is 0.836. The van der Waals surface area contributed by atoms with Gasteiger partial charge in [0.2, 0.25) is 0 Å². The maximum atomic E-state index is 6.56. The molecule has 0 aliphatic carbocycles. The number of hydrogen-bond donors (Lipinski definition) is 0. The molecule has 0 N–H and O–H groups in total. The van der Waals surface area contributed by atoms with Crippen LogP contribution < -0.4 is 0 Å². The number of aromatic nitrogens is 4. The van der Waals surface area contributed by atoms with Gasteiger partial charge in [-0.2, -0.15) is 0 Å². The molecule has 5 aromatic heterocycles. The van der Waals surface area contributed by atoms with E-state index in [4.69, 9.17) is 9.40 Å². The largest absolute Gasteiger partial charge is 0.456 e. The van der Waals surface area contributed by atoms with Crippen LogP contribution in [0.4, 0.5) is 0 Å². The first kappa shape index (κ1) is 35.0. The van der Waals surface area contributed by atoms with Crippen LogP contribution >= 0.6 is 0 Å². The van der Waals surface area contributed by atoms with Crippen LogP contribution in [-0.4, -0.2) is 18.7 Å². The monoisotopic (exact) mass is 816 g/mol. The van der Waals surface area contributed by atoms with E-state index in [2.05, 4.69) is 220 Å². The SMILES string of the molecule is c1cc(-c2ccc3c(c2)oc2ccccc23)c(-c2cc(-n3c4ccccc4c4ccccc43)nc(-n3c4ccccc4c4ccccc43)c2)c(-n2c3ccccc3c3ccccc32)c1. The maximum Gasteiger partial charge on any atom is 0.140 e. The summed E-state index contributed by atoms with van der Waals surface area (Å²) >= 11 is 0. The van der Waals surface area contributed by atoms with Crippen LogP contribution in [0.15, 0.2) is 223 Å². The zero-order chi connectivity index (χ0) is 41.9. The van der Waals surface area contributed by atoms with Crippen molar-refractivity contribution in [1.82, 2.24) is 18.7 Å². The highest BCUT2D eigenvalue weighted by Crippen LogP contribution is 2.44. The van der Waals surface area contributed by atoms with E-state index in [-0.39, 0.29) is 0 Å². The molecule has 64 heavy (non-hydrogen) atoms. The van der Waals surface area contributed by atoms with Crippen LogP contribution in [0.5, 0.6) is 0 Å². The predicted octanol–water partition coefficient (Wildman–Crippen LogP) is 15.6. The van der Waals surface area contributed by atoms with E-state index in [1.807, 2.05) is 12.1 Å². The van der Waals surface area contributed by atoms with Crippen molar-refractivity contribution in [3.05, 3.63) is 218 Å². The summed E-state index contributed by atoms with van der Waals surface area (Å²) in [5, 5.41) is 9.40. The third-order valence-electron chi connectivity index (χ3n) is 13.3. The van der Waals surface area contributed by atoms with Crippen LogP contribution in [0, 0.1) is 0 Å². The lowest BCUT2D eigenvalue weighted by atomic mass is 9.92. The Morgan fingerprint density at radius 1 is 0.297 bits per heavy atom. The molecule has 0 fully saturated rings. The first-order valence-corrected chi connectivity index (χ1v) is 21.8. The Bertz CT molecular complexity index is 3920. The highest BCUT2D eigenvalue weighted by Gasteiger charge is 2.24. The third kappa shape index (κ3) is 4.98. The Balaban J connectivity index is 1.15. The van der Waals surface area contributed by atoms with E-state index < -0.39 is 0 Å². The van der Waals surface area contributed by atoms with E-state index in [1.165, 1.54) is 32.3 Å². The van der Waals surface area contributed by atoms with Crippen molar-refractivity contribution < 1.29 is 4.42 Å². The summed E-state index contributed by atoms with van der Waals surface area (Å²) in [5.41, 5.74) is 13.8. The molecule has 0 atom stereocenters. The number of hydrogen-bond acceptors (Lipinski definition) is 2. The minimum Gasteiger partial charge on any atom is -0.456 e. The lowest BCUT2D eigenvalue weighted by Crippen LogP contribution is -2.06. The molecule has 14 rings (SSSR count). The van der Waals surface area contributed by atoms with Gasteiger partial charge in [0.25, 0.3) is 0 Å². The molecular formula is C59H36N4O. The van der Waals surface area contributed by atoms with Gasteiger partial charge < -0.3 is 8.98 Å². The Morgan fingerprint density at radius 2 is 0.703 bits per heavy atom. The van der Waals surface area contributed by atoms with Gasteiger partial charge in [-0.3, -0.25) is 9.13 Å². The first-order valence-electron chi connectivity index (χ1n) is 21.8. The normalized spacial score (nSPS) is 12.1. The van der Waals surface area contributed by atoms with Crippen molar-refractivity contribution in [1.29, 1.82) is 0 Å². The molecule has 5 heteroatoms. The van der Waals surface area contributed by atoms with Gasteiger partial charge in [0, 0.05) is 48.7 Å². The van der Waals surface area contributed by atoms with Gasteiger partial charge >= 0.3 is 0 Å². The van der Waals surface area contributed by atoms with Crippen LogP contribution in [0.2, 0.25) is 0 Å². The summed E-state index contributed by atoms with van der Waals surface area (Å²) in [6.45, 7) is 0. The molecule has 0 aliphatic rings. The van der Waals surface area contributed by atoms with Crippen LogP contribution in [0.3, 0.4) is 0 Å². The van der Waals surface area contributed by atoms with E-state index in [1.54, 1.807) is 0 Å². The van der Waals surface area contributed by atoms with Crippen LogP contribution in [0.25, 0.3) is 127 Å². The van der Waals surface area contributed by atoms with Gasteiger partial charge in [-0.25, -0.2) is 4.98 Å². The molecule has 0 spiro atoms. The van der Waals surface area contributed by atoms with E-state index in [0.717, 1.165) is 94.6 Å². The fourth-order valence-corrected chi connectivity index (χ4v) is 10.6. The molecule has 0 saturated carbocycles. The second-order valence-corrected chi connectivity index (χ2v) is 16.7. The Hall–Kier alpha value is -8.67. The average Bonchev–Trinajstić information content (AvgIpc) is 4.10. The van der Waals surface area contributed by atoms with Gasteiger partial charge in [-0.1, -0.05) is 146 Å². The molecule has 0 bridgehead atoms. The van der Waals surface area contributed by atoms with Gasteiger partial charge in [-0.15, -0.1) is 0 Å². The predicted molar refractivity (Wildman–Crippen MR) is 265 cm³/mol. The second-order valence-electron chi connectivity index (χ2n) is 16.7. The molecule has 0 unspecified atom stereocenters. The molecule has 0 amide bonds. The number of rotatable bonds is 5. The lowest BCUT2D eigenvalue weighted by Gasteiger charge is -2.20. The number of nitrogens with zero attached hydrogens (tertiary/aromatic N) is 4. The molecule has 5 nitrogen and oxygen atoms in total. The molecule has 0 saturated heterocycles. The first-order chi connectivity index (χ1) is 31.8. The summed E-state index contributed by atoms with van der Waals surface area (Å²) in [6, 6.07) is 78.5. The molecule has 9 aromatic carbocycles. The average molecular weight is 817 g/mol. The summed E-state index contributed by atoms with van der Waals surface area (Å²) in [6.07, 6.45) is 0. The van der Waals surface area contributed by atoms with E-state index >= 15 is 0 Å². The molecule has 0 radical (unpaired) electrons. The van der Waals surface area contributed by atoms with Crippen molar-refractivity contribution in [2.45, 2.75) is 0 Å².